The molecule has 1 heterocycles. The van der Waals surface area contributed by atoms with Gasteiger partial charge in [0.1, 0.15) is 18.5 Å². The summed E-state index contributed by atoms with van der Waals surface area (Å²) in [6.45, 7) is 3.67. The van der Waals surface area contributed by atoms with Crippen LogP contribution in [-0.4, -0.2) is 24.4 Å². The molecule has 0 aliphatic rings. The molecule has 0 amide bonds. The van der Waals surface area contributed by atoms with Crippen molar-refractivity contribution in [2.75, 3.05) is 13.2 Å². The van der Waals surface area contributed by atoms with Crippen LogP contribution in [0.15, 0.2) is 40.2 Å². The molecule has 1 unspecified atom stereocenters. The van der Waals surface area contributed by atoms with Gasteiger partial charge in [0.25, 0.3) is 0 Å². The van der Waals surface area contributed by atoms with Crippen LogP contribution in [-0.2, 0) is 13.0 Å². The number of aryl methyl sites for hydroxylation is 1. The summed E-state index contributed by atoms with van der Waals surface area (Å²) in [4.78, 5) is 1.23. The molecule has 0 aliphatic carbocycles. The Bertz CT molecular complexity index is 559. The van der Waals surface area contributed by atoms with Gasteiger partial charge in [-0.3, -0.25) is 0 Å². The quantitative estimate of drug-likeness (QED) is 0.746. The van der Waals surface area contributed by atoms with Gasteiger partial charge < -0.3 is 15.2 Å². The van der Waals surface area contributed by atoms with E-state index in [9.17, 15) is 5.11 Å². The minimum Gasteiger partial charge on any atom is -0.491 e. The number of ether oxygens (including phenoxy) is 1. The average molecular weight is 370 g/mol. The SMILES string of the molecule is CCc1cccc(OCC(O)CNCc2sccc2Br)c1. The van der Waals surface area contributed by atoms with E-state index in [0.29, 0.717) is 13.2 Å². The first-order valence-corrected chi connectivity index (χ1v) is 8.68. The topological polar surface area (TPSA) is 41.5 Å². The molecule has 1 atom stereocenters. The van der Waals surface area contributed by atoms with E-state index in [2.05, 4.69) is 34.2 Å². The molecular weight excluding hydrogens is 350 g/mol. The van der Waals surface area contributed by atoms with Gasteiger partial charge in [0.05, 0.1) is 0 Å². The Kier molecular flexibility index (Phi) is 6.70. The summed E-state index contributed by atoms with van der Waals surface area (Å²) in [5.74, 6) is 0.814. The Morgan fingerprint density at radius 3 is 2.95 bits per heavy atom. The second-order valence-corrected chi connectivity index (χ2v) is 6.64. The second-order valence-electron chi connectivity index (χ2n) is 4.79. The van der Waals surface area contributed by atoms with Crippen molar-refractivity contribution < 1.29 is 9.84 Å². The predicted octanol–water partition coefficient (Wildman–Crippen LogP) is 3.60. The monoisotopic (exact) mass is 369 g/mol. The van der Waals surface area contributed by atoms with Gasteiger partial charge in [-0.2, -0.15) is 0 Å². The largest absolute Gasteiger partial charge is 0.491 e. The first-order chi connectivity index (χ1) is 10.2. The van der Waals surface area contributed by atoms with Crippen LogP contribution >= 0.6 is 27.3 Å². The average Bonchev–Trinajstić information content (AvgIpc) is 2.91. The van der Waals surface area contributed by atoms with Crippen molar-refractivity contribution in [3.63, 3.8) is 0 Å². The second kappa shape index (κ2) is 8.54. The number of aliphatic hydroxyl groups is 1. The van der Waals surface area contributed by atoms with Crippen LogP contribution in [0.25, 0.3) is 0 Å². The van der Waals surface area contributed by atoms with E-state index < -0.39 is 6.10 Å². The molecule has 2 aromatic rings. The number of hydrogen-bond acceptors (Lipinski definition) is 4. The third-order valence-corrected chi connectivity index (χ3v) is 5.03. The van der Waals surface area contributed by atoms with E-state index in [1.807, 2.05) is 29.6 Å². The third kappa shape index (κ3) is 5.43. The fraction of sp³-hybridized carbons (Fsp3) is 0.375. The van der Waals surface area contributed by atoms with Crippen molar-refractivity contribution in [1.29, 1.82) is 0 Å². The van der Waals surface area contributed by atoms with E-state index in [1.54, 1.807) is 11.3 Å². The van der Waals surface area contributed by atoms with Crippen LogP contribution in [0.3, 0.4) is 0 Å². The van der Waals surface area contributed by atoms with Gasteiger partial charge in [-0.1, -0.05) is 19.1 Å². The van der Waals surface area contributed by atoms with Gasteiger partial charge in [-0.15, -0.1) is 11.3 Å². The molecule has 0 saturated heterocycles. The van der Waals surface area contributed by atoms with E-state index in [0.717, 1.165) is 23.2 Å². The number of aliphatic hydroxyl groups excluding tert-OH is 1. The van der Waals surface area contributed by atoms with Gasteiger partial charge in [0.2, 0.25) is 0 Å². The summed E-state index contributed by atoms with van der Waals surface area (Å²) < 4.78 is 6.74. The Balaban J connectivity index is 1.69. The highest BCUT2D eigenvalue weighted by atomic mass is 79.9. The van der Waals surface area contributed by atoms with E-state index in [4.69, 9.17) is 4.74 Å². The molecule has 0 saturated carbocycles. The fourth-order valence-electron chi connectivity index (χ4n) is 1.91. The molecule has 0 bridgehead atoms. The zero-order valence-corrected chi connectivity index (χ0v) is 14.4. The smallest absolute Gasteiger partial charge is 0.119 e. The lowest BCUT2D eigenvalue weighted by Gasteiger charge is -2.13. The zero-order valence-electron chi connectivity index (χ0n) is 12.0. The summed E-state index contributed by atoms with van der Waals surface area (Å²) in [5.41, 5.74) is 1.24. The maximum atomic E-state index is 9.94. The van der Waals surface area contributed by atoms with E-state index in [-0.39, 0.29) is 0 Å². The summed E-state index contributed by atoms with van der Waals surface area (Å²) in [6.07, 6.45) is 0.464. The van der Waals surface area contributed by atoms with E-state index in [1.165, 1.54) is 10.4 Å². The lowest BCUT2D eigenvalue weighted by molar-refractivity contribution is 0.106. The highest BCUT2D eigenvalue weighted by molar-refractivity contribution is 9.10. The third-order valence-electron chi connectivity index (χ3n) is 3.11. The molecule has 0 spiro atoms. The van der Waals surface area contributed by atoms with Crippen molar-refractivity contribution in [2.24, 2.45) is 0 Å². The van der Waals surface area contributed by atoms with Crippen molar-refractivity contribution in [3.8, 4) is 5.75 Å². The van der Waals surface area contributed by atoms with Crippen LogP contribution in [0, 0.1) is 0 Å². The number of thiophene rings is 1. The fourth-order valence-corrected chi connectivity index (χ4v) is 3.37. The van der Waals surface area contributed by atoms with Gasteiger partial charge >= 0.3 is 0 Å². The van der Waals surface area contributed by atoms with Gasteiger partial charge in [-0.25, -0.2) is 0 Å². The van der Waals surface area contributed by atoms with Crippen LogP contribution in [0.1, 0.15) is 17.4 Å². The minimum atomic E-state index is -0.519. The molecule has 2 rings (SSSR count). The summed E-state index contributed by atoms with van der Waals surface area (Å²) in [7, 11) is 0. The maximum absolute atomic E-state index is 9.94. The predicted molar refractivity (Wildman–Crippen MR) is 91.0 cm³/mol. The van der Waals surface area contributed by atoms with Crippen molar-refractivity contribution >= 4 is 27.3 Å². The number of hydrogen-bond donors (Lipinski definition) is 2. The van der Waals surface area contributed by atoms with Crippen LogP contribution in [0.4, 0.5) is 0 Å². The lowest BCUT2D eigenvalue weighted by atomic mass is 10.2. The summed E-state index contributed by atoms with van der Waals surface area (Å²) in [6, 6.07) is 10.0. The first kappa shape index (κ1) is 16.5. The molecule has 0 fully saturated rings. The molecule has 114 valence electrons. The maximum Gasteiger partial charge on any atom is 0.119 e. The molecule has 1 aromatic carbocycles. The van der Waals surface area contributed by atoms with Crippen molar-refractivity contribution in [1.82, 2.24) is 5.32 Å². The molecule has 1 aromatic heterocycles. The normalized spacial score (nSPS) is 12.3. The highest BCUT2D eigenvalue weighted by Crippen LogP contribution is 2.22. The Morgan fingerprint density at radius 1 is 1.38 bits per heavy atom. The standard InChI is InChI=1S/C16H20BrNO2S/c1-2-12-4-3-5-14(8-12)20-11-13(19)9-18-10-16-15(17)6-7-21-16/h3-8,13,18-19H,2,9-11H2,1H3. The van der Waals surface area contributed by atoms with Gasteiger partial charge in [0, 0.05) is 22.4 Å². The first-order valence-electron chi connectivity index (χ1n) is 7.01. The summed E-state index contributed by atoms with van der Waals surface area (Å²) in [5, 5.41) is 15.2. The zero-order chi connectivity index (χ0) is 15.1. The van der Waals surface area contributed by atoms with Crippen LogP contribution in [0.5, 0.6) is 5.75 Å². The minimum absolute atomic E-state index is 0.297. The number of rotatable bonds is 8. The highest BCUT2D eigenvalue weighted by Gasteiger charge is 2.07. The van der Waals surface area contributed by atoms with Gasteiger partial charge in [0.15, 0.2) is 0 Å². The number of halogens is 1. The Morgan fingerprint density at radius 2 is 2.24 bits per heavy atom. The Hall–Kier alpha value is -0.880. The molecule has 0 radical (unpaired) electrons. The van der Waals surface area contributed by atoms with Gasteiger partial charge in [-0.05, 0) is 51.5 Å². The molecular formula is C16H20BrNO2S. The molecule has 21 heavy (non-hydrogen) atoms. The molecule has 0 aliphatic heterocycles. The number of nitrogens with one attached hydrogen (secondary N) is 1. The van der Waals surface area contributed by atoms with Crippen molar-refractivity contribution in [2.45, 2.75) is 26.0 Å². The van der Waals surface area contributed by atoms with Crippen LogP contribution in [0.2, 0.25) is 0 Å². The molecule has 5 heteroatoms. The molecule has 3 nitrogen and oxygen atoms in total. The number of benzene rings is 1. The molecule has 2 N–H and O–H groups in total. The van der Waals surface area contributed by atoms with Crippen LogP contribution < -0.4 is 10.1 Å². The lowest BCUT2D eigenvalue weighted by Crippen LogP contribution is -2.31. The van der Waals surface area contributed by atoms with Crippen molar-refractivity contribution in [3.05, 3.63) is 50.6 Å². The van der Waals surface area contributed by atoms with E-state index >= 15 is 0 Å². The Labute approximate surface area is 138 Å². The summed E-state index contributed by atoms with van der Waals surface area (Å²) >= 11 is 5.18.